The summed E-state index contributed by atoms with van der Waals surface area (Å²) in [7, 11) is 0. The summed E-state index contributed by atoms with van der Waals surface area (Å²) in [6.45, 7) is 4.54. The molecule has 3 heterocycles. The topological polar surface area (TPSA) is 127 Å². The van der Waals surface area contributed by atoms with Gasteiger partial charge in [-0.05, 0) is 37.1 Å². The van der Waals surface area contributed by atoms with Crippen molar-refractivity contribution >= 4 is 34.6 Å². The highest BCUT2D eigenvalue weighted by Crippen LogP contribution is 2.43. The molecule has 2 N–H and O–H groups in total. The van der Waals surface area contributed by atoms with Gasteiger partial charge in [-0.2, -0.15) is 10.2 Å². The number of aromatic nitrogens is 2. The van der Waals surface area contributed by atoms with Gasteiger partial charge in [0.15, 0.2) is 11.5 Å². The second-order valence-corrected chi connectivity index (χ2v) is 11.1. The predicted molar refractivity (Wildman–Crippen MR) is 183 cm³/mol. The third kappa shape index (κ3) is 8.33. The van der Waals surface area contributed by atoms with Crippen LogP contribution in [0.1, 0.15) is 68.3 Å². The molecule has 47 heavy (non-hydrogen) atoms. The number of carbonyl (C=O) groups excluding carboxylic acids is 2. The maximum absolute atomic E-state index is 13.8. The first-order valence-electron chi connectivity index (χ1n) is 15.2. The third-order valence-electron chi connectivity index (χ3n) is 6.68. The van der Waals surface area contributed by atoms with Crippen LogP contribution in [0.25, 0.3) is 0 Å². The molecule has 0 aliphatic heterocycles. The number of rotatable bonds is 14. The molecule has 0 atom stereocenters. The summed E-state index contributed by atoms with van der Waals surface area (Å²) in [5.74, 6) is -0.715. The molecule has 0 saturated heterocycles. The minimum atomic E-state index is -0.547. The molecule has 0 bridgehead atoms. The van der Waals surface area contributed by atoms with Gasteiger partial charge >= 0.3 is 0 Å². The first kappa shape index (κ1) is 32.7. The van der Waals surface area contributed by atoms with Gasteiger partial charge in [0.2, 0.25) is 0 Å². The summed E-state index contributed by atoms with van der Waals surface area (Å²) in [4.78, 5) is 36.0. The molecule has 0 aliphatic rings. The van der Waals surface area contributed by atoms with Crippen molar-refractivity contribution in [3.63, 3.8) is 0 Å². The minimum Gasteiger partial charge on any atom is -0.488 e. The van der Waals surface area contributed by atoms with Gasteiger partial charge in [0, 0.05) is 47.0 Å². The highest BCUT2D eigenvalue weighted by molar-refractivity contribution is 7.16. The monoisotopic (exact) mass is 646 g/mol. The van der Waals surface area contributed by atoms with Gasteiger partial charge in [-0.25, -0.2) is 10.9 Å². The number of ether oxygens (including phenoxy) is 2. The van der Waals surface area contributed by atoms with E-state index in [1.165, 1.54) is 0 Å². The molecule has 0 unspecified atom stereocenters. The lowest BCUT2D eigenvalue weighted by molar-refractivity contribution is 0.0945. The van der Waals surface area contributed by atoms with Crippen molar-refractivity contribution in [3.8, 4) is 11.5 Å². The second kappa shape index (κ2) is 16.6. The van der Waals surface area contributed by atoms with Gasteiger partial charge in [0.25, 0.3) is 11.8 Å². The van der Waals surface area contributed by atoms with Crippen LogP contribution in [0.4, 0.5) is 0 Å². The zero-order valence-corrected chi connectivity index (χ0v) is 26.9. The Morgan fingerprint density at radius 3 is 1.32 bits per heavy atom. The molecule has 5 rings (SSSR count). The smallest absolute Gasteiger partial charge is 0.285 e. The standard InChI is InChI=1S/C36H34N6O4S/c1-3-23-45-31-32(46-24-4-2)34(36(44)42-40-30(26-13-9-6-10-14-26)28-17-21-38-22-18-28)47-33(31)35(43)41-39-29(25-11-7-5-8-12-25)27-15-19-37-20-16-27/h5-22H,3-4,23-24H2,1-2H3,(H,41,43)(H,42,44)/b39-29-,40-30+. The van der Waals surface area contributed by atoms with Gasteiger partial charge < -0.3 is 9.47 Å². The van der Waals surface area contributed by atoms with Crippen molar-refractivity contribution in [3.05, 3.63) is 142 Å². The van der Waals surface area contributed by atoms with E-state index in [1.54, 1.807) is 24.8 Å². The highest BCUT2D eigenvalue weighted by Gasteiger charge is 2.30. The van der Waals surface area contributed by atoms with E-state index in [0.717, 1.165) is 33.6 Å². The molecule has 3 aromatic heterocycles. The van der Waals surface area contributed by atoms with Crippen molar-refractivity contribution in [1.82, 2.24) is 20.8 Å². The lowest BCUT2D eigenvalue weighted by atomic mass is 10.0. The summed E-state index contributed by atoms with van der Waals surface area (Å²) < 4.78 is 12.1. The molecule has 10 nitrogen and oxygen atoms in total. The van der Waals surface area contributed by atoms with E-state index in [-0.39, 0.29) is 21.3 Å². The number of pyridine rings is 2. The Kier molecular flexibility index (Phi) is 11.5. The summed E-state index contributed by atoms with van der Waals surface area (Å²) in [5, 5.41) is 9.01. The average Bonchev–Trinajstić information content (AvgIpc) is 3.50. The molecule has 11 heteroatoms. The first-order valence-corrected chi connectivity index (χ1v) is 16.0. The number of thiophene rings is 1. The minimum absolute atomic E-state index is 0.155. The number of hydrogen-bond acceptors (Lipinski definition) is 9. The fraction of sp³-hybridized carbons (Fsp3) is 0.167. The molecule has 2 aromatic carbocycles. The Hall–Kier alpha value is -5.68. The Morgan fingerprint density at radius 2 is 0.957 bits per heavy atom. The highest BCUT2D eigenvalue weighted by atomic mass is 32.1. The number of carbonyl (C=O) groups is 2. The fourth-order valence-electron chi connectivity index (χ4n) is 4.49. The number of benzene rings is 2. The van der Waals surface area contributed by atoms with Gasteiger partial charge in [0.1, 0.15) is 9.75 Å². The van der Waals surface area contributed by atoms with E-state index in [4.69, 9.17) is 9.47 Å². The molecule has 0 radical (unpaired) electrons. The molecular weight excluding hydrogens is 613 g/mol. The van der Waals surface area contributed by atoms with Crippen LogP contribution in [0.2, 0.25) is 0 Å². The normalized spacial score (nSPS) is 11.5. The molecule has 0 aliphatic carbocycles. The van der Waals surface area contributed by atoms with E-state index in [2.05, 4.69) is 31.0 Å². The van der Waals surface area contributed by atoms with Crippen LogP contribution in [0.15, 0.2) is 120 Å². The van der Waals surface area contributed by atoms with Gasteiger partial charge in [-0.1, -0.05) is 74.5 Å². The zero-order chi connectivity index (χ0) is 32.8. The van der Waals surface area contributed by atoms with Gasteiger partial charge in [-0.15, -0.1) is 11.3 Å². The van der Waals surface area contributed by atoms with E-state index in [9.17, 15) is 9.59 Å². The van der Waals surface area contributed by atoms with E-state index >= 15 is 0 Å². The zero-order valence-electron chi connectivity index (χ0n) is 26.1. The van der Waals surface area contributed by atoms with Crippen LogP contribution < -0.4 is 20.3 Å². The predicted octanol–water partition coefficient (Wildman–Crippen LogP) is 6.48. The molecular formula is C36H34N6O4S. The quantitative estimate of drug-likeness (QED) is 0.105. The Morgan fingerprint density at radius 1 is 0.596 bits per heavy atom. The van der Waals surface area contributed by atoms with E-state index < -0.39 is 11.8 Å². The number of nitrogens with one attached hydrogen (secondary N) is 2. The molecule has 0 spiro atoms. The molecule has 0 saturated carbocycles. The van der Waals surface area contributed by atoms with Crippen molar-refractivity contribution in [2.45, 2.75) is 26.7 Å². The van der Waals surface area contributed by atoms with Crippen LogP contribution in [-0.4, -0.2) is 46.4 Å². The summed E-state index contributed by atoms with van der Waals surface area (Å²) in [5.41, 5.74) is 9.61. The van der Waals surface area contributed by atoms with Crippen LogP contribution in [-0.2, 0) is 0 Å². The van der Waals surface area contributed by atoms with Crippen LogP contribution in [0, 0.1) is 0 Å². The molecule has 5 aromatic rings. The van der Waals surface area contributed by atoms with Crippen molar-refractivity contribution in [2.24, 2.45) is 10.2 Å². The maximum atomic E-state index is 13.8. The SMILES string of the molecule is CCCOc1c(C(=O)N/N=C(/c2ccccc2)c2ccncc2)sc(C(=O)N/N=C(\c2ccccc2)c2ccncc2)c1OCCC. The number of hydrazone groups is 2. The Bertz CT molecular complexity index is 1610. The maximum Gasteiger partial charge on any atom is 0.285 e. The van der Waals surface area contributed by atoms with Gasteiger partial charge in [-0.3, -0.25) is 19.6 Å². The number of nitrogens with zero attached hydrogens (tertiary/aromatic N) is 4. The van der Waals surface area contributed by atoms with Crippen molar-refractivity contribution < 1.29 is 19.1 Å². The number of hydrogen-bond donors (Lipinski definition) is 2. The van der Waals surface area contributed by atoms with Gasteiger partial charge in [0.05, 0.1) is 24.6 Å². The van der Waals surface area contributed by atoms with Crippen molar-refractivity contribution in [1.29, 1.82) is 0 Å². The van der Waals surface area contributed by atoms with E-state index in [0.29, 0.717) is 37.5 Å². The van der Waals surface area contributed by atoms with Crippen LogP contribution >= 0.6 is 11.3 Å². The lowest BCUT2D eigenvalue weighted by Gasteiger charge is -2.11. The van der Waals surface area contributed by atoms with Crippen LogP contribution in [0.3, 0.4) is 0 Å². The summed E-state index contributed by atoms with van der Waals surface area (Å²) in [6, 6.07) is 26.3. The molecule has 2 amide bonds. The van der Waals surface area contributed by atoms with Crippen molar-refractivity contribution in [2.75, 3.05) is 13.2 Å². The van der Waals surface area contributed by atoms with Crippen LogP contribution in [0.5, 0.6) is 11.5 Å². The molecule has 238 valence electrons. The first-order chi connectivity index (χ1) is 23.1. The average molecular weight is 647 g/mol. The molecule has 0 fully saturated rings. The summed E-state index contributed by atoms with van der Waals surface area (Å²) in [6.07, 6.45) is 8.01. The largest absolute Gasteiger partial charge is 0.488 e. The number of amides is 2. The fourth-order valence-corrected chi connectivity index (χ4v) is 5.46. The third-order valence-corrected chi connectivity index (χ3v) is 7.83. The van der Waals surface area contributed by atoms with E-state index in [1.807, 2.05) is 98.8 Å². The Balaban J connectivity index is 1.51. The lowest BCUT2D eigenvalue weighted by Crippen LogP contribution is -2.21. The summed E-state index contributed by atoms with van der Waals surface area (Å²) >= 11 is 0.957. The second-order valence-electron chi connectivity index (χ2n) is 10.1. The Labute approximate surface area is 277 Å².